The summed E-state index contributed by atoms with van der Waals surface area (Å²) >= 11 is 0. The van der Waals surface area contributed by atoms with Crippen LogP contribution in [0.25, 0.3) is 0 Å². The maximum Gasteiger partial charge on any atom is 0.242 e. The van der Waals surface area contributed by atoms with E-state index in [9.17, 15) is 14.0 Å². The third kappa shape index (κ3) is 5.03. The molecule has 0 atom stereocenters. The molecule has 1 aliphatic heterocycles. The Labute approximate surface area is 136 Å². The van der Waals surface area contributed by atoms with Gasteiger partial charge in [0.1, 0.15) is 5.82 Å². The van der Waals surface area contributed by atoms with E-state index in [1.165, 1.54) is 17.9 Å². The molecule has 0 saturated carbocycles. The molecule has 126 valence electrons. The third-order valence-electron chi connectivity index (χ3n) is 4.24. The molecule has 0 bridgehead atoms. The Kier molecular flexibility index (Phi) is 6.10. The third-order valence-corrected chi connectivity index (χ3v) is 4.24. The van der Waals surface area contributed by atoms with Gasteiger partial charge in [0.25, 0.3) is 0 Å². The molecule has 0 aromatic heterocycles. The first-order valence-corrected chi connectivity index (χ1v) is 7.92. The Balaban J connectivity index is 1.90. The van der Waals surface area contributed by atoms with Crippen molar-refractivity contribution in [3.8, 4) is 0 Å². The Hall–Kier alpha value is -1.95. The second-order valence-corrected chi connectivity index (χ2v) is 5.97. The van der Waals surface area contributed by atoms with Crippen molar-refractivity contribution in [1.82, 2.24) is 14.7 Å². The molecule has 0 unspecified atom stereocenters. The maximum atomic E-state index is 13.6. The van der Waals surface area contributed by atoms with Crippen molar-refractivity contribution >= 4 is 11.8 Å². The van der Waals surface area contributed by atoms with Crippen LogP contribution in [0.4, 0.5) is 4.39 Å². The minimum atomic E-state index is -0.276. The first-order chi connectivity index (χ1) is 11.0. The lowest BCUT2D eigenvalue weighted by Crippen LogP contribution is -2.50. The van der Waals surface area contributed by atoms with E-state index >= 15 is 0 Å². The van der Waals surface area contributed by atoms with Gasteiger partial charge in [0.2, 0.25) is 11.8 Å². The van der Waals surface area contributed by atoms with Crippen molar-refractivity contribution in [1.29, 1.82) is 0 Å². The summed E-state index contributed by atoms with van der Waals surface area (Å²) in [6.45, 7) is 4.92. The number of carbonyl (C=O) groups excluding carboxylic acids is 2. The van der Waals surface area contributed by atoms with Crippen molar-refractivity contribution in [3.63, 3.8) is 0 Å². The van der Waals surface area contributed by atoms with E-state index in [0.29, 0.717) is 31.6 Å². The molecule has 1 aromatic rings. The number of halogens is 1. The van der Waals surface area contributed by atoms with Crippen LogP contribution in [0.5, 0.6) is 0 Å². The number of hydrogen-bond acceptors (Lipinski definition) is 3. The summed E-state index contributed by atoms with van der Waals surface area (Å²) in [6, 6.07) is 6.52. The van der Waals surface area contributed by atoms with Crippen LogP contribution >= 0.6 is 0 Å². The highest BCUT2D eigenvalue weighted by molar-refractivity contribution is 5.83. The predicted octanol–water partition coefficient (Wildman–Crippen LogP) is 0.991. The van der Waals surface area contributed by atoms with Crippen LogP contribution in [0, 0.1) is 5.82 Å². The predicted molar refractivity (Wildman–Crippen MR) is 86.4 cm³/mol. The second kappa shape index (κ2) is 8.06. The molecule has 0 aliphatic carbocycles. The van der Waals surface area contributed by atoms with E-state index in [2.05, 4.69) is 4.90 Å². The SMILES string of the molecule is CC(=O)N(CCc1ccccc1F)CC(=O)N1CCN(C)CC1. The molecule has 1 aromatic carbocycles. The zero-order valence-electron chi connectivity index (χ0n) is 13.8. The summed E-state index contributed by atoms with van der Waals surface area (Å²) in [5.41, 5.74) is 0.561. The lowest BCUT2D eigenvalue weighted by atomic mass is 10.1. The number of rotatable bonds is 5. The van der Waals surface area contributed by atoms with Crippen LogP contribution in [-0.4, -0.2) is 72.8 Å². The standard InChI is InChI=1S/C17H24FN3O2/c1-14(22)21(8-7-15-5-3-4-6-16(15)18)13-17(23)20-11-9-19(2)10-12-20/h3-6H,7-13H2,1-2H3. The van der Waals surface area contributed by atoms with Gasteiger partial charge in [-0.25, -0.2) is 4.39 Å². The molecule has 0 N–H and O–H groups in total. The maximum absolute atomic E-state index is 13.6. The molecule has 23 heavy (non-hydrogen) atoms. The summed E-state index contributed by atoms with van der Waals surface area (Å²) in [6.07, 6.45) is 0.405. The fourth-order valence-electron chi connectivity index (χ4n) is 2.62. The number of nitrogens with zero attached hydrogens (tertiary/aromatic N) is 3. The molecule has 2 rings (SSSR count). The van der Waals surface area contributed by atoms with Gasteiger partial charge in [-0.1, -0.05) is 18.2 Å². The summed E-state index contributed by atoms with van der Waals surface area (Å²) in [4.78, 5) is 29.6. The summed E-state index contributed by atoms with van der Waals surface area (Å²) in [7, 11) is 2.03. The molecule has 1 aliphatic rings. The van der Waals surface area contributed by atoms with Crippen LogP contribution in [-0.2, 0) is 16.0 Å². The van der Waals surface area contributed by atoms with Gasteiger partial charge in [0, 0.05) is 39.6 Å². The number of piperazine rings is 1. The fraction of sp³-hybridized carbons (Fsp3) is 0.529. The van der Waals surface area contributed by atoms with Gasteiger partial charge >= 0.3 is 0 Å². The highest BCUT2D eigenvalue weighted by Gasteiger charge is 2.22. The minimum absolute atomic E-state index is 0.0400. The summed E-state index contributed by atoms with van der Waals surface area (Å²) < 4.78 is 13.6. The molecule has 6 heteroatoms. The first kappa shape index (κ1) is 17.4. The van der Waals surface area contributed by atoms with Gasteiger partial charge in [0.15, 0.2) is 0 Å². The van der Waals surface area contributed by atoms with Crippen LogP contribution in [0.2, 0.25) is 0 Å². The summed E-state index contributed by atoms with van der Waals surface area (Å²) in [5.74, 6) is -0.480. The number of hydrogen-bond donors (Lipinski definition) is 0. The monoisotopic (exact) mass is 321 g/mol. The van der Waals surface area contributed by atoms with Crippen LogP contribution in [0.1, 0.15) is 12.5 Å². The van der Waals surface area contributed by atoms with E-state index in [0.717, 1.165) is 13.1 Å². The van der Waals surface area contributed by atoms with E-state index in [1.54, 1.807) is 23.1 Å². The van der Waals surface area contributed by atoms with Crippen molar-refractivity contribution in [2.24, 2.45) is 0 Å². The molecule has 2 amide bonds. The Bertz CT molecular complexity index is 557. The van der Waals surface area contributed by atoms with Gasteiger partial charge in [-0.2, -0.15) is 0 Å². The van der Waals surface area contributed by atoms with Gasteiger partial charge in [0.05, 0.1) is 6.54 Å². The van der Waals surface area contributed by atoms with Crippen LogP contribution < -0.4 is 0 Å². The zero-order chi connectivity index (χ0) is 16.8. The summed E-state index contributed by atoms with van der Waals surface area (Å²) in [5, 5.41) is 0. The van der Waals surface area contributed by atoms with E-state index < -0.39 is 0 Å². The second-order valence-electron chi connectivity index (χ2n) is 5.97. The largest absolute Gasteiger partial charge is 0.339 e. The molecule has 0 spiro atoms. The van der Waals surface area contributed by atoms with Gasteiger partial charge < -0.3 is 14.7 Å². The van der Waals surface area contributed by atoms with E-state index in [4.69, 9.17) is 0 Å². The minimum Gasteiger partial charge on any atom is -0.339 e. The van der Waals surface area contributed by atoms with E-state index in [1.807, 2.05) is 7.05 Å². The van der Waals surface area contributed by atoms with Gasteiger partial charge in [-0.3, -0.25) is 9.59 Å². The number of benzene rings is 1. The normalized spacial score (nSPS) is 15.5. The van der Waals surface area contributed by atoms with Crippen molar-refractivity contribution < 1.29 is 14.0 Å². The molecular weight excluding hydrogens is 297 g/mol. The Morgan fingerprint density at radius 3 is 2.43 bits per heavy atom. The number of amides is 2. The van der Waals surface area contributed by atoms with Gasteiger partial charge in [-0.05, 0) is 25.1 Å². The molecule has 1 heterocycles. The van der Waals surface area contributed by atoms with Crippen LogP contribution in [0.15, 0.2) is 24.3 Å². The average molecular weight is 321 g/mol. The molecule has 5 nitrogen and oxygen atoms in total. The van der Waals surface area contributed by atoms with Crippen molar-refractivity contribution in [3.05, 3.63) is 35.6 Å². The van der Waals surface area contributed by atoms with Crippen molar-refractivity contribution in [2.75, 3.05) is 46.3 Å². The highest BCUT2D eigenvalue weighted by atomic mass is 19.1. The smallest absolute Gasteiger partial charge is 0.242 e. The first-order valence-electron chi connectivity index (χ1n) is 7.92. The van der Waals surface area contributed by atoms with Gasteiger partial charge in [-0.15, -0.1) is 0 Å². The zero-order valence-corrected chi connectivity index (χ0v) is 13.8. The topological polar surface area (TPSA) is 43.9 Å². The lowest BCUT2D eigenvalue weighted by Gasteiger charge is -2.33. The highest BCUT2D eigenvalue weighted by Crippen LogP contribution is 2.09. The Morgan fingerprint density at radius 2 is 1.83 bits per heavy atom. The van der Waals surface area contributed by atoms with Crippen molar-refractivity contribution in [2.45, 2.75) is 13.3 Å². The molecule has 0 radical (unpaired) electrons. The molecular formula is C17H24FN3O2. The molecule has 1 saturated heterocycles. The average Bonchev–Trinajstić information content (AvgIpc) is 2.53. The Morgan fingerprint density at radius 1 is 1.17 bits per heavy atom. The fourth-order valence-corrected chi connectivity index (χ4v) is 2.62. The van der Waals surface area contributed by atoms with Crippen LogP contribution in [0.3, 0.4) is 0 Å². The number of likely N-dealkylation sites (N-methyl/N-ethyl adjacent to an activating group) is 1. The molecule has 1 fully saturated rings. The lowest BCUT2D eigenvalue weighted by molar-refractivity contribution is -0.140. The quantitative estimate of drug-likeness (QED) is 0.812. The van der Waals surface area contributed by atoms with E-state index in [-0.39, 0.29) is 24.2 Å². The number of carbonyl (C=O) groups is 2.